The molecule has 0 saturated heterocycles. The Morgan fingerprint density at radius 2 is 1.97 bits per heavy atom. The van der Waals surface area contributed by atoms with E-state index in [1.165, 1.54) is 6.07 Å². The van der Waals surface area contributed by atoms with E-state index in [2.05, 4.69) is 21.5 Å². The van der Waals surface area contributed by atoms with Crippen LogP contribution in [0.4, 0.5) is 19.0 Å². The Labute approximate surface area is 196 Å². The molecule has 1 aliphatic rings. The molecule has 0 unspecified atom stereocenters. The minimum Gasteiger partial charge on any atom is -0.368 e. The highest BCUT2D eigenvalue weighted by Gasteiger charge is 2.32. The fraction of sp³-hybridized carbons (Fsp3) is 0.320. The summed E-state index contributed by atoms with van der Waals surface area (Å²) in [5.74, 6) is 0.229. The first-order chi connectivity index (χ1) is 16.1. The quantitative estimate of drug-likeness (QED) is 0.530. The van der Waals surface area contributed by atoms with Crippen molar-refractivity contribution in [3.05, 3.63) is 77.3 Å². The molecule has 178 valence electrons. The first-order valence-corrected chi connectivity index (χ1v) is 11.0. The number of aromatic nitrogens is 3. The minimum absolute atomic E-state index is 0.0952. The third-order valence-electron chi connectivity index (χ3n) is 5.99. The van der Waals surface area contributed by atoms with Crippen molar-refractivity contribution >= 4 is 11.7 Å². The number of hydrogen-bond donors (Lipinski definition) is 1. The average Bonchev–Trinajstić information content (AvgIpc) is 3.23. The van der Waals surface area contributed by atoms with Crippen molar-refractivity contribution in [3.8, 4) is 11.1 Å². The zero-order chi connectivity index (χ0) is 24.5. The fourth-order valence-electron chi connectivity index (χ4n) is 4.15. The molecule has 1 N–H and O–H groups in total. The lowest BCUT2D eigenvalue weighted by molar-refractivity contribution is -0.137. The highest BCUT2D eigenvalue weighted by atomic mass is 19.4. The van der Waals surface area contributed by atoms with E-state index in [9.17, 15) is 18.0 Å². The number of rotatable bonds is 5. The van der Waals surface area contributed by atoms with Gasteiger partial charge in [0.25, 0.3) is 5.91 Å². The number of carbonyl (C=O) groups is 1. The van der Waals surface area contributed by atoms with Gasteiger partial charge < -0.3 is 10.2 Å². The van der Waals surface area contributed by atoms with Crippen LogP contribution in [0.1, 0.15) is 34.8 Å². The van der Waals surface area contributed by atoms with Crippen LogP contribution < -0.4 is 5.32 Å². The number of hydrogen-bond acceptors (Lipinski definition) is 4. The van der Waals surface area contributed by atoms with Gasteiger partial charge in [-0.15, -0.1) is 0 Å². The molecule has 1 aliphatic heterocycles. The number of amides is 1. The van der Waals surface area contributed by atoms with Crippen molar-refractivity contribution in [2.24, 2.45) is 7.05 Å². The SMILES string of the molecule is CC1=CCCN(C(=O)c2cc(C)ccc2-c2cnn(C)c2)[C@@H]1CNc1ccc(C(F)(F)F)cn1. The monoisotopic (exact) mass is 469 g/mol. The number of pyridine rings is 1. The van der Waals surface area contributed by atoms with Gasteiger partial charge in [-0.3, -0.25) is 9.48 Å². The molecule has 0 spiro atoms. The van der Waals surface area contributed by atoms with E-state index in [0.29, 0.717) is 24.5 Å². The summed E-state index contributed by atoms with van der Waals surface area (Å²) >= 11 is 0. The van der Waals surface area contributed by atoms with E-state index in [0.717, 1.165) is 40.9 Å². The molecule has 0 bridgehead atoms. The zero-order valence-electron chi connectivity index (χ0n) is 19.2. The molecule has 34 heavy (non-hydrogen) atoms. The summed E-state index contributed by atoms with van der Waals surface area (Å²) in [6.45, 7) is 4.79. The van der Waals surface area contributed by atoms with Crippen molar-refractivity contribution in [3.63, 3.8) is 0 Å². The predicted molar refractivity (Wildman–Crippen MR) is 124 cm³/mol. The van der Waals surface area contributed by atoms with Gasteiger partial charge in [0.05, 0.1) is 17.8 Å². The van der Waals surface area contributed by atoms with E-state index in [4.69, 9.17) is 0 Å². The molecule has 1 amide bonds. The summed E-state index contributed by atoms with van der Waals surface area (Å²) in [5, 5.41) is 7.33. The van der Waals surface area contributed by atoms with Crippen LogP contribution in [0.5, 0.6) is 0 Å². The molecular formula is C25H26F3N5O. The number of anilines is 1. The molecule has 1 aromatic carbocycles. The smallest absolute Gasteiger partial charge is 0.368 e. The van der Waals surface area contributed by atoms with Crippen molar-refractivity contribution < 1.29 is 18.0 Å². The molecule has 0 radical (unpaired) electrons. The van der Waals surface area contributed by atoms with Gasteiger partial charge in [-0.25, -0.2) is 4.98 Å². The van der Waals surface area contributed by atoms with E-state index in [1.807, 2.05) is 50.2 Å². The molecule has 6 nitrogen and oxygen atoms in total. The van der Waals surface area contributed by atoms with Gasteiger partial charge in [0.15, 0.2) is 0 Å². The lowest BCUT2D eigenvalue weighted by Gasteiger charge is -2.36. The lowest BCUT2D eigenvalue weighted by Crippen LogP contribution is -2.47. The number of nitrogens with one attached hydrogen (secondary N) is 1. The summed E-state index contributed by atoms with van der Waals surface area (Å²) in [7, 11) is 1.83. The molecular weight excluding hydrogens is 443 g/mol. The first-order valence-electron chi connectivity index (χ1n) is 11.0. The molecule has 3 heterocycles. The third-order valence-corrected chi connectivity index (χ3v) is 5.99. The Kier molecular flexibility index (Phi) is 6.45. The van der Waals surface area contributed by atoms with Crippen LogP contribution in [0.15, 0.2) is 60.6 Å². The van der Waals surface area contributed by atoms with Crippen molar-refractivity contribution in [2.45, 2.75) is 32.5 Å². The van der Waals surface area contributed by atoms with Crippen LogP contribution in [0.2, 0.25) is 0 Å². The Morgan fingerprint density at radius 1 is 1.18 bits per heavy atom. The number of carbonyl (C=O) groups excluding carboxylic acids is 1. The first kappa shape index (κ1) is 23.5. The normalized spacial score (nSPS) is 16.4. The highest BCUT2D eigenvalue weighted by Crippen LogP contribution is 2.30. The molecule has 0 fully saturated rings. The molecule has 3 aromatic rings. The second-order valence-electron chi connectivity index (χ2n) is 8.51. The van der Waals surface area contributed by atoms with Crippen LogP contribution in [0, 0.1) is 6.92 Å². The van der Waals surface area contributed by atoms with Gasteiger partial charge in [-0.1, -0.05) is 29.3 Å². The molecule has 2 aromatic heterocycles. The van der Waals surface area contributed by atoms with Crippen molar-refractivity contribution in [1.82, 2.24) is 19.7 Å². The molecule has 1 atom stereocenters. The van der Waals surface area contributed by atoms with Gasteiger partial charge in [-0.2, -0.15) is 18.3 Å². The molecule has 0 saturated carbocycles. The van der Waals surface area contributed by atoms with Crippen LogP contribution in [-0.2, 0) is 13.2 Å². The summed E-state index contributed by atoms with van der Waals surface area (Å²) in [5.41, 5.74) is 3.47. The van der Waals surface area contributed by atoms with Gasteiger partial charge >= 0.3 is 6.18 Å². The van der Waals surface area contributed by atoms with E-state index >= 15 is 0 Å². The maximum absolute atomic E-state index is 13.8. The number of halogens is 3. The fourth-order valence-corrected chi connectivity index (χ4v) is 4.15. The molecule has 9 heteroatoms. The summed E-state index contributed by atoms with van der Waals surface area (Å²) in [6, 6.07) is 7.83. The van der Waals surface area contributed by atoms with Gasteiger partial charge in [0.2, 0.25) is 0 Å². The van der Waals surface area contributed by atoms with Crippen LogP contribution in [0.25, 0.3) is 11.1 Å². The second kappa shape index (κ2) is 9.32. The zero-order valence-corrected chi connectivity index (χ0v) is 19.2. The van der Waals surface area contributed by atoms with Crippen molar-refractivity contribution in [2.75, 3.05) is 18.4 Å². The maximum atomic E-state index is 13.8. The van der Waals surface area contributed by atoms with E-state index < -0.39 is 11.7 Å². The van der Waals surface area contributed by atoms with Crippen LogP contribution >= 0.6 is 0 Å². The topological polar surface area (TPSA) is 63.1 Å². The summed E-state index contributed by atoms with van der Waals surface area (Å²) in [4.78, 5) is 19.5. The molecule has 0 aliphatic carbocycles. The van der Waals surface area contributed by atoms with E-state index in [-0.39, 0.29) is 11.9 Å². The molecule has 4 rings (SSSR count). The number of benzene rings is 1. The van der Waals surface area contributed by atoms with Gasteiger partial charge in [-0.05, 0) is 44.0 Å². The van der Waals surface area contributed by atoms with E-state index in [1.54, 1.807) is 10.9 Å². The van der Waals surface area contributed by atoms with Crippen LogP contribution in [0.3, 0.4) is 0 Å². The summed E-state index contributed by atoms with van der Waals surface area (Å²) in [6.07, 6.45) is 2.81. The minimum atomic E-state index is -4.43. The predicted octanol–water partition coefficient (Wildman–Crippen LogP) is 5.08. The number of nitrogens with zero attached hydrogens (tertiary/aromatic N) is 4. The number of aryl methyl sites for hydroxylation is 2. The Bertz CT molecular complexity index is 1210. The largest absolute Gasteiger partial charge is 0.417 e. The highest BCUT2D eigenvalue weighted by molar-refractivity contribution is 6.01. The number of alkyl halides is 3. The third kappa shape index (κ3) is 4.98. The Balaban J connectivity index is 1.58. The van der Waals surface area contributed by atoms with Crippen molar-refractivity contribution in [1.29, 1.82) is 0 Å². The summed E-state index contributed by atoms with van der Waals surface area (Å²) < 4.78 is 40.1. The Hall–Kier alpha value is -3.62. The second-order valence-corrected chi connectivity index (χ2v) is 8.51. The Morgan fingerprint density at radius 3 is 2.62 bits per heavy atom. The lowest BCUT2D eigenvalue weighted by atomic mass is 9.95. The maximum Gasteiger partial charge on any atom is 0.417 e. The van der Waals surface area contributed by atoms with Gasteiger partial charge in [0, 0.05) is 43.7 Å². The standard InChI is InChI=1S/C25H26F3N5O/c1-16-6-8-20(18-12-31-32(3)15-18)21(11-16)24(34)33-10-4-5-17(2)22(33)14-30-23-9-7-19(13-29-23)25(26,27)28/h5-9,11-13,15,22H,4,10,14H2,1-3H3,(H,29,30)/t22-/m1/s1. The van der Waals surface area contributed by atoms with Crippen LogP contribution in [-0.4, -0.2) is 44.7 Å². The van der Waals surface area contributed by atoms with Gasteiger partial charge in [0.1, 0.15) is 5.82 Å². The average molecular weight is 470 g/mol.